The van der Waals surface area contributed by atoms with Crippen molar-refractivity contribution in [3.63, 3.8) is 0 Å². The maximum absolute atomic E-state index is 11.7. The number of ether oxygens (including phenoxy) is 1. The highest BCUT2D eigenvalue weighted by atomic mass is 79.9. The van der Waals surface area contributed by atoms with E-state index in [4.69, 9.17) is 25.2 Å². The topological polar surface area (TPSA) is 65.5 Å². The molecule has 1 aromatic carbocycles. The quantitative estimate of drug-likeness (QED) is 0.612. The molecule has 0 unspecified atom stereocenters. The van der Waals surface area contributed by atoms with Gasteiger partial charge in [-0.15, -0.1) is 0 Å². The molecule has 3 rings (SSSR count). The van der Waals surface area contributed by atoms with Crippen molar-refractivity contribution in [2.75, 3.05) is 0 Å². The van der Waals surface area contributed by atoms with Gasteiger partial charge >= 0.3 is 5.97 Å². The highest BCUT2D eigenvalue weighted by Crippen LogP contribution is 2.23. The van der Waals surface area contributed by atoms with E-state index in [2.05, 4.69) is 20.9 Å². The Bertz CT molecular complexity index is 794. The Kier molecular flexibility index (Phi) is 4.31. The number of oxazole rings is 1. The molecule has 0 N–H and O–H groups in total. The van der Waals surface area contributed by atoms with Gasteiger partial charge < -0.3 is 13.6 Å². The van der Waals surface area contributed by atoms with E-state index in [1.807, 2.05) is 12.1 Å². The van der Waals surface area contributed by atoms with Gasteiger partial charge in [0.2, 0.25) is 11.7 Å². The van der Waals surface area contributed by atoms with Crippen molar-refractivity contribution in [3.05, 3.63) is 63.9 Å². The molecule has 0 atom stereocenters. The number of nitrogens with zero attached hydrogens (tertiary/aromatic N) is 1. The number of furan rings is 1. The minimum atomic E-state index is -0.586. The minimum absolute atomic E-state index is 0.0786. The van der Waals surface area contributed by atoms with Crippen LogP contribution in [0.25, 0.3) is 11.3 Å². The van der Waals surface area contributed by atoms with Gasteiger partial charge in [-0.25, -0.2) is 9.78 Å². The monoisotopic (exact) mass is 381 g/mol. The third kappa shape index (κ3) is 3.40. The Labute approximate surface area is 139 Å². The lowest BCUT2D eigenvalue weighted by Gasteiger charge is -1.99. The van der Waals surface area contributed by atoms with Gasteiger partial charge in [-0.2, -0.15) is 0 Å². The lowest BCUT2D eigenvalue weighted by molar-refractivity contribution is 0.0401. The van der Waals surface area contributed by atoms with E-state index in [-0.39, 0.29) is 12.4 Å². The molecule has 0 aliphatic heterocycles. The number of hydrogen-bond acceptors (Lipinski definition) is 5. The third-order valence-corrected chi connectivity index (χ3v) is 3.46. The van der Waals surface area contributed by atoms with Crippen LogP contribution in [0.5, 0.6) is 0 Å². The first-order valence-corrected chi connectivity index (χ1v) is 7.42. The predicted octanol–water partition coefficient (Wildman–Crippen LogP) is 4.71. The summed E-state index contributed by atoms with van der Waals surface area (Å²) in [5.41, 5.74) is 0.837. The van der Waals surface area contributed by atoms with E-state index in [1.165, 1.54) is 6.07 Å². The fourth-order valence-corrected chi connectivity index (χ4v) is 2.18. The molecule has 0 spiro atoms. The molecule has 0 fully saturated rings. The number of rotatable bonds is 4. The van der Waals surface area contributed by atoms with E-state index >= 15 is 0 Å². The van der Waals surface area contributed by atoms with Gasteiger partial charge in [0, 0.05) is 10.6 Å². The zero-order valence-electron chi connectivity index (χ0n) is 11.1. The predicted molar refractivity (Wildman–Crippen MR) is 82.5 cm³/mol. The molecule has 22 heavy (non-hydrogen) atoms. The van der Waals surface area contributed by atoms with Crippen molar-refractivity contribution in [2.24, 2.45) is 0 Å². The van der Waals surface area contributed by atoms with Gasteiger partial charge in [0.1, 0.15) is 0 Å². The van der Waals surface area contributed by atoms with E-state index in [9.17, 15) is 4.79 Å². The van der Waals surface area contributed by atoms with E-state index in [0.29, 0.717) is 21.3 Å². The van der Waals surface area contributed by atoms with Crippen LogP contribution in [0.4, 0.5) is 0 Å². The number of aromatic nitrogens is 1. The SMILES string of the molecule is O=C(OCc1ncc(-c2ccc(Cl)cc2)o1)c1ccc(Br)o1. The fraction of sp³-hybridized carbons (Fsp3) is 0.0667. The van der Waals surface area contributed by atoms with Crippen molar-refractivity contribution in [1.29, 1.82) is 0 Å². The van der Waals surface area contributed by atoms with E-state index in [1.54, 1.807) is 24.4 Å². The van der Waals surface area contributed by atoms with Gasteiger partial charge in [0.05, 0.1) is 6.20 Å². The summed E-state index contributed by atoms with van der Waals surface area (Å²) in [6.45, 7) is -0.0786. The first-order chi connectivity index (χ1) is 10.6. The average molecular weight is 383 g/mol. The second-order valence-electron chi connectivity index (χ2n) is 4.31. The molecule has 0 saturated heterocycles. The average Bonchev–Trinajstić information content (AvgIpc) is 3.15. The van der Waals surface area contributed by atoms with Crippen molar-refractivity contribution in [2.45, 2.75) is 6.61 Å². The third-order valence-electron chi connectivity index (χ3n) is 2.78. The summed E-state index contributed by atoms with van der Waals surface area (Å²) >= 11 is 8.95. The lowest BCUT2D eigenvalue weighted by Crippen LogP contribution is -2.03. The minimum Gasteiger partial charge on any atom is -0.450 e. The Hall–Kier alpha value is -2.05. The zero-order valence-corrected chi connectivity index (χ0v) is 13.4. The molecule has 0 aliphatic carbocycles. The Balaban J connectivity index is 1.64. The van der Waals surface area contributed by atoms with Crippen molar-refractivity contribution in [3.8, 4) is 11.3 Å². The molecule has 0 bridgehead atoms. The smallest absolute Gasteiger partial charge is 0.374 e. The molecular formula is C15H9BrClNO4. The zero-order chi connectivity index (χ0) is 15.5. The molecule has 2 aromatic heterocycles. The summed E-state index contributed by atoms with van der Waals surface area (Å²) in [5.74, 6) is 0.390. The molecule has 112 valence electrons. The van der Waals surface area contributed by atoms with Crippen molar-refractivity contribution < 1.29 is 18.4 Å². The van der Waals surface area contributed by atoms with Crippen LogP contribution in [0.15, 0.2) is 56.1 Å². The van der Waals surface area contributed by atoms with Crippen LogP contribution < -0.4 is 0 Å². The fourth-order valence-electron chi connectivity index (χ4n) is 1.75. The van der Waals surface area contributed by atoms with E-state index in [0.717, 1.165) is 5.56 Å². The van der Waals surface area contributed by atoms with Crippen molar-refractivity contribution in [1.82, 2.24) is 4.98 Å². The molecule has 0 aliphatic rings. The van der Waals surface area contributed by atoms with Crippen LogP contribution >= 0.6 is 27.5 Å². The van der Waals surface area contributed by atoms with Crippen LogP contribution in [0.3, 0.4) is 0 Å². The van der Waals surface area contributed by atoms with E-state index < -0.39 is 5.97 Å². The molecule has 7 heteroatoms. The largest absolute Gasteiger partial charge is 0.450 e. The Morgan fingerprint density at radius 1 is 1.18 bits per heavy atom. The molecule has 0 saturated carbocycles. The van der Waals surface area contributed by atoms with Crippen molar-refractivity contribution >= 4 is 33.5 Å². The first kappa shape index (κ1) is 14.9. The molecule has 0 radical (unpaired) electrons. The Morgan fingerprint density at radius 2 is 1.95 bits per heavy atom. The number of hydrogen-bond donors (Lipinski definition) is 0. The lowest BCUT2D eigenvalue weighted by atomic mass is 10.2. The second kappa shape index (κ2) is 6.37. The highest BCUT2D eigenvalue weighted by Gasteiger charge is 2.14. The van der Waals surface area contributed by atoms with Gasteiger partial charge in [-0.3, -0.25) is 0 Å². The molecule has 3 aromatic rings. The van der Waals surface area contributed by atoms with Crippen LogP contribution in [-0.2, 0) is 11.3 Å². The summed E-state index contributed by atoms with van der Waals surface area (Å²) < 4.78 is 16.2. The highest BCUT2D eigenvalue weighted by molar-refractivity contribution is 9.10. The number of carbonyl (C=O) groups excluding carboxylic acids is 1. The molecular weight excluding hydrogens is 374 g/mol. The van der Waals surface area contributed by atoms with Crippen LogP contribution in [-0.4, -0.2) is 11.0 Å². The standard InChI is InChI=1S/C15H9BrClNO4/c16-13-6-5-11(21-13)15(19)20-8-14-18-7-12(22-14)9-1-3-10(17)4-2-9/h1-7H,8H2. The number of halogens is 2. The Morgan fingerprint density at radius 3 is 2.64 bits per heavy atom. The van der Waals surface area contributed by atoms with Crippen LogP contribution in [0, 0.1) is 0 Å². The summed E-state index contributed by atoms with van der Waals surface area (Å²) in [5, 5.41) is 0.641. The maximum Gasteiger partial charge on any atom is 0.374 e. The van der Waals surface area contributed by atoms with Gasteiger partial charge in [0.25, 0.3) is 0 Å². The summed E-state index contributed by atoms with van der Waals surface area (Å²) in [6, 6.07) is 10.3. The van der Waals surface area contributed by atoms with Gasteiger partial charge in [-0.05, 0) is 52.3 Å². The van der Waals surface area contributed by atoms with Crippen LogP contribution in [0.2, 0.25) is 5.02 Å². The first-order valence-electron chi connectivity index (χ1n) is 6.25. The maximum atomic E-state index is 11.7. The normalized spacial score (nSPS) is 10.6. The number of esters is 1. The summed E-state index contributed by atoms with van der Waals surface area (Å²) in [4.78, 5) is 15.8. The summed E-state index contributed by atoms with van der Waals surface area (Å²) in [6.07, 6.45) is 1.57. The van der Waals surface area contributed by atoms with Crippen LogP contribution in [0.1, 0.15) is 16.4 Å². The molecule has 5 nitrogen and oxygen atoms in total. The van der Waals surface area contributed by atoms with Gasteiger partial charge in [0.15, 0.2) is 17.0 Å². The number of benzene rings is 1. The summed E-state index contributed by atoms with van der Waals surface area (Å²) in [7, 11) is 0. The second-order valence-corrected chi connectivity index (χ2v) is 5.52. The molecule has 0 amide bonds. The molecule has 2 heterocycles. The van der Waals surface area contributed by atoms with Gasteiger partial charge in [-0.1, -0.05) is 11.6 Å². The number of carbonyl (C=O) groups is 1.